The van der Waals surface area contributed by atoms with Crippen molar-refractivity contribution in [3.05, 3.63) is 51.3 Å². The molecule has 144 valence electrons. The van der Waals surface area contributed by atoms with Gasteiger partial charge in [0.1, 0.15) is 0 Å². The van der Waals surface area contributed by atoms with E-state index in [1.165, 1.54) is 17.8 Å². The van der Waals surface area contributed by atoms with Crippen LogP contribution in [-0.4, -0.2) is 26.6 Å². The second kappa shape index (κ2) is 9.31. The van der Waals surface area contributed by atoms with Crippen molar-refractivity contribution in [1.29, 1.82) is 0 Å². The van der Waals surface area contributed by atoms with E-state index in [1.54, 1.807) is 12.1 Å². The van der Waals surface area contributed by atoms with Gasteiger partial charge in [-0.1, -0.05) is 13.8 Å². The van der Waals surface area contributed by atoms with Gasteiger partial charge in [-0.05, 0) is 50.1 Å². The lowest BCUT2D eigenvalue weighted by Gasteiger charge is -2.09. The predicted octanol–water partition coefficient (Wildman–Crippen LogP) is 3.90. The van der Waals surface area contributed by atoms with Crippen LogP contribution in [0.2, 0.25) is 0 Å². The Morgan fingerprint density at radius 1 is 1.22 bits per heavy atom. The number of aryl methyl sites for hydroxylation is 2. The SMILES string of the molecule is Cc1cc(C)nc(NNC(=O)c2ccc(SCCC(C)C)c([N+](=O)[O-])c2)n1. The number of aromatic nitrogens is 2. The van der Waals surface area contributed by atoms with E-state index in [1.807, 2.05) is 19.9 Å². The maximum atomic E-state index is 12.3. The number of nitrogens with one attached hydrogen (secondary N) is 2. The molecule has 8 nitrogen and oxygen atoms in total. The Morgan fingerprint density at radius 2 is 1.89 bits per heavy atom. The molecule has 2 aromatic rings. The second-order valence-corrected chi connectivity index (χ2v) is 7.66. The lowest BCUT2D eigenvalue weighted by molar-refractivity contribution is -0.387. The van der Waals surface area contributed by atoms with Crippen molar-refractivity contribution in [3.8, 4) is 0 Å². The Bertz CT molecular complexity index is 821. The average Bonchev–Trinajstić information content (AvgIpc) is 2.58. The van der Waals surface area contributed by atoms with Gasteiger partial charge >= 0.3 is 0 Å². The molecule has 1 aromatic heterocycles. The standard InChI is InChI=1S/C18H23N5O3S/c1-11(2)7-8-27-16-6-5-14(10-15(16)23(25)26)17(24)21-22-18-19-12(3)9-13(4)20-18/h5-6,9-11H,7-8H2,1-4H3,(H,21,24)(H,19,20,22). The minimum atomic E-state index is -0.500. The number of nitrogens with zero attached hydrogens (tertiary/aromatic N) is 3. The summed E-state index contributed by atoms with van der Waals surface area (Å²) in [7, 11) is 0. The molecule has 0 saturated carbocycles. The fourth-order valence-electron chi connectivity index (χ4n) is 2.29. The summed E-state index contributed by atoms with van der Waals surface area (Å²) in [6.07, 6.45) is 0.962. The number of hydrogen-bond acceptors (Lipinski definition) is 7. The molecular weight excluding hydrogens is 366 g/mol. The summed E-state index contributed by atoms with van der Waals surface area (Å²) >= 11 is 1.43. The van der Waals surface area contributed by atoms with Crippen molar-refractivity contribution >= 4 is 29.3 Å². The number of hydrazine groups is 1. The number of hydrogen-bond donors (Lipinski definition) is 2. The van der Waals surface area contributed by atoms with Gasteiger partial charge < -0.3 is 0 Å². The topological polar surface area (TPSA) is 110 Å². The third-order valence-electron chi connectivity index (χ3n) is 3.64. The molecule has 1 aromatic carbocycles. The number of carbonyl (C=O) groups excluding carboxylic acids is 1. The van der Waals surface area contributed by atoms with Crippen LogP contribution in [-0.2, 0) is 0 Å². The molecule has 0 aliphatic rings. The molecular formula is C18H23N5O3S. The van der Waals surface area contributed by atoms with Crippen LogP contribution >= 0.6 is 11.8 Å². The highest BCUT2D eigenvalue weighted by Crippen LogP contribution is 2.31. The zero-order chi connectivity index (χ0) is 20.0. The number of anilines is 1. The van der Waals surface area contributed by atoms with Crippen LogP contribution in [0, 0.1) is 29.9 Å². The smallest absolute Gasteiger partial charge is 0.267 e. The molecule has 1 amide bonds. The van der Waals surface area contributed by atoms with Gasteiger partial charge in [-0.3, -0.25) is 25.8 Å². The van der Waals surface area contributed by atoms with Crippen molar-refractivity contribution in [2.24, 2.45) is 5.92 Å². The summed E-state index contributed by atoms with van der Waals surface area (Å²) in [5.41, 5.74) is 6.75. The molecule has 2 N–H and O–H groups in total. The van der Waals surface area contributed by atoms with E-state index in [0.29, 0.717) is 10.8 Å². The first kappa shape index (κ1) is 20.6. The highest BCUT2D eigenvalue weighted by molar-refractivity contribution is 7.99. The summed E-state index contributed by atoms with van der Waals surface area (Å²) in [6.45, 7) is 7.85. The fraction of sp³-hybridized carbons (Fsp3) is 0.389. The Hall–Kier alpha value is -2.68. The maximum Gasteiger partial charge on any atom is 0.283 e. The molecule has 27 heavy (non-hydrogen) atoms. The zero-order valence-electron chi connectivity index (χ0n) is 15.8. The van der Waals surface area contributed by atoms with Crippen LogP contribution < -0.4 is 10.9 Å². The molecule has 2 rings (SSSR count). The predicted molar refractivity (Wildman–Crippen MR) is 106 cm³/mol. The van der Waals surface area contributed by atoms with Gasteiger partial charge in [-0.15, -0.1) is 11.8 Å². The molecule has 0 atom stereocenters. The van der Waals surface area contributed by atoms with Crippen molar-refractivity contribution in [1.82, 2.24) is 15.4 Å². The Labute approximate surface area is 162 Å². The normalized spacial score (nSPS) is 10.7. The molecule has 0 unspecified atom stereocenters. The average molecular weight is 389 g/mol. The molecule has 9 heteroatoms. The van der Waals surface area contributed by atoms with Crippen molar-refractivity contribution in [3.63, 3.8) is 0 Å². The van der Waals surface area contributed by atoms with E-state index in [-0.39, 0.29) is 17.2 Å². The molecule has 1 heterocycles. The third-order valence-corrected chi connectivity index (χ3v) is 4.74. The Kier molecular flexibility index (Phi) is 7.12. The summed E-state index contributed by atoms with van der Waals surface area (Å²) in [5, 5.41) is 11.4. The summed E-state index contributed by atoms with van der Waals surface area (Å²) in [5.74, 6) is 1.08. The number of nitro groups is 1. The highest BCUT2D eigenvalue weighted by Gasteiger charge is 2.18. The lowest BCUT2D eigenvalue weighted by Crippen LogP contribution is -2.30. The quantitative estimate of drug-likeness (QED) is 0.400. The third kappa shape index (κ3) is 6.21. The van der Waals surface area contributed by atoms with Gasteiger partial charge in [0.25, 0.3) is 11.6 Å². The number of amides is 1. The molecule has 0 fully saturated rings. The number of benzene rings is 1. The largest absolute Gasteiger partial charge is 0.283 e. The van der Waals surface area contributed by atoms with Crippen LogP contribution in [0.5, 0.6) is 0 Å². The van der Waals surface area contributed by atoms with Crippen LogP contribution in [0.1, 0.15) is 42.0 Å². The van der Waals surface area contributed by atoms with E-state index in [2.05, 4.69) is 34.7 Å². The molecule has 0 bridgehead atoms. The molecule has 0 aliphatic heterocycles. The van der Waals surface area contributed by atoms with E-state index in [9.17, 15) is 14.9 Å². The van der Waals surface area contributed by atoms with Crippen LogP contribution in [0.15, 0.2) is 29.2 Å². The van der Waals surface area contributed by atoms with Crippen molar-refractivity contribution < 1.29 is 9.72 Å². The first-order valence-electron chi connectivity index (χ1n) is 8.56. The molecule has 0 spiro atoms. The maximum absolute atomic E-state index is 12.3. The van der Waals surface area contributed by atoms with Crippen LogP contribution in [0.25, 0.3) is 0 Å². The minimum absolute atomic E-state index is 0.0703. The van der Waals surface area contributed by atoms with Crippen LogP contribution in [0.4, 0.5) is 11.6 Å². The summed E-state index contributed by atoms with van der Waals surface area (Å²) in [6, 6.07) is 6.29. The zero-order valence-corrected chi connectivity index (χ0v) is 16.6. The van der Waals surface area contributed by atoms with Gasteiger partial charge in [0.2, 0.25) is 5.95 Å². The highest BCUT2D eigenvalue weighted by atomic mass is 32.2. The molecule has 0 aliphatic carbocycles. The van der Waals surface area contributed by atoms with Gasteiger partial charge in [-0.2, -0.15) is 0 Å². The molecule has 0 radical (unpaired) electrons. The van der Waals surface area contributed by atoms with Gasteiger partial charge in [-0.25, -0.2) is 9.97 Å². The van der Waals surface area contributed by atoms with Crippen LogP contribution in [0.3, 0.4) is 0 Å². The Morgan fingerprint density at radius 3 is 2.48 bits per heavy atom. The molecule has 0 saturated heterocycles. The van der Waals surface area contributed by atoms with Gasteiger partial charge in [0, 0.05) is 23.0 Å². The monoisotopic (exact) mass is 389 g/mol. The number of rotatable bonds is 8. The van der Waals surface area contributed by atoms with E-state index >= 15 is 0 Å². The lowest BCUT2D eigenvalue weighted by atomic mass is 10.2. The second-order valence-electron chi connectivity index (χ2n) is 6.52. The summed E-state index contributed by atoms with van der Waals surface area (Å²) < 4.78 is 0. The Balaban J connectivity index is 2.09. The van der Waals surface area contributed by atoms with Gasteiger partial charge in [0.05, 0.1) is 9.82 Å². The van der Waals surface area contributed by atoms with E-state index in [4.69, 9.17) is 0 Å². The van der Waals surface area contributed by atoms with E-state index in [0.717, 1.165) is 23.6 Å². The minimum Gasteiger partial charge on any atom is -0.267 e. The first-order valence-corrected chi connectivity index (χ1v) is 9.54. The van der Waals surface area contributed by atoms with E-state index < -0.39 is 10.8 Å². The van der Waals surface area contributed by atoms with Gasteiger partial charge in [0.15, 0.2) is 0 Å². The fourth-order valence-corrected chi connectivity index (χ4v) is 3.55. The summed E-state index contributed by atoms with van der Waals surface area (Å²) in [4.78, 5) is 32.1. The number of nitro benzene ring substituents is 1. The number of thioether (sulfide) groups is 1. The van der Waals surface area contributed by atoms with Crippen molar-refractivity contribution in [2.45, 2.75) is 39.0 Å². The number of carbonyl (C=O) groups is 1. The van der Waals surface area contributed by atoms with Crippen molar-refractivity contribution in [2.75, 3.05) is 11.2 Å². The first-order chi connectivity index (χ1) is 12.8.